The molecular weight excluding hydrogens is 357 g/mol. The molecule has 27 heavy (non-hydrogen) atoms. The third-order valence-electron chi connectivity index (χ3n) is 4.64. The van der Waals surface area contributed by atoms with Gasteiger partial charge in [-0.3, -0.25) is 10.2 Å². The number of amides is 1. The molecule has 1 fully saturated rings. The van der Waals surface area contributed by atoms with Crippen LogP contribution in [0.4, 0.5) is 13.2 Å². The largest absolute Gasteiger partial charge is 0.493 e. The Labute approximate surface area is 156 Å². The van der Waals surface area contributed by atoms with E-state index in [-0.39, 0.29) is 18.5 Å². The Morgan fingerprint density at radius 3 is 2.67 bits per heavy atom. The highest BCUT2D eigenvalue weighted by Crippen LogP contribution is 2.41. The summed E-state index contributed by atoms with van der Waals surface area (Å²) in [4.78, 5) is 11.5. The van der Waals surface area contributed by atoms with Crippen LogP contribution in [0, 0.1) is 0 Å². The lowest BCUT2D eigenvalue weighted by Crippen LogP contribution is -2.43. The first-order valence-electron chi connectivity index (χ1n) is 9.18. The van der Waals surface area contributed by atoms with Crippen molar-refractivity contribution in [3.8, 4) is 5.75 Å². The minimum absolute atomic E-state index is 0.0164. The van der Waals surface area contributed by atoms with Gasteiger partial charge < -0.3 is 4.74 Å². The topological polar surface area (TPSA) is 41.6 Å². The first kappa shape index (κ1) is 19.5. The molecule has 1 heterocycles. The maximum Gasteiger partial charge on any atom is 0.409 e. The van der Waals surface area contributed by atoms with Crippen LogP contribution in [-0.2, 0) is 4.79 Å². The third-order valence-corrected chi connectivity index (χ3v) is 4.64. The Kier molecular flexibility index (Phi) is 5.89. The number of halogens is 3. The summed E-state index contributed by atoms with van der Waals surface area (Å²) >= 11 is 0. The highest BCUT2D eigenvalue weighted by Gasteiger charge is 2.47. The SMILES string of the molecule is CCCCCOc1cc(C(N2CCC(=O)N2)C(F)(F)F)cc2ccccc12. The predicted molar refractivity (Wildman–Crippen MR) is 97.2 cm³/mol. The molecule has 146 valence electrons. The Morgan fingerprint density at radius 1 is 1.22 bits per heavy atom. The molecule has 1 saturated heterocycles. The summed E-state index contributed by atoms with van der Waals surface area (Å²) in [5.41, 5.74) is 2.38. The summed E-state index contributed by atoms with van der Waals surface area (Å²) in [6, 6.07) is 8.30. The van der Waals surface area contributed by atoms with Crippen LogP contribution in [0.5, 0.6) is 5.75 Å². The molecule has 0 saturated carbocycles. The predicted octanol–water partition coefficient (Wildman–Crippen LogP) is 4.75. The number of fused-ring (bicyclic) bond motifs is 1. The molecule has 1 amide bonds. The fourth-order valence-corrected chi connectivity index (χ4v) is 3.34. The highest BCUT2D eigenvalue weighted by molar-refractivity contribution is 5.89. The lowest BCUT2D eigenvalue weighted by Gasteiger charge is -2.29. The van der Waals surface area contributed by atoms with Gasteiger partial charge in [-0.1, -0.05) is 44.0 Å². The van der Waals surface area contributed by atoms with Gasteiger partial charge in [-0.25, -0.2) is 5.01 Å². The monoisotopic (exact) mass is 380 g/mol. The molecule has 0 spiro atoms. The molecule has 1 unspecified atom stereocenters. The van der Waals surface area contributed by atoms with E-state index in [2.05, 4.69) is 12.3 Å². The van der Waals surface area contributed by atoms with Crippen molar-refractivity contribution in [3.05, 3.63) is 42.0 Å². The molecule has 4 nitrogen and oxygen atoms in total. The summed E-state index contributed by atoms with van der Waals surface area (Å²) in [6.45, 7) is 2.55. The van der Waals surface area contributed by atoms with E-state index in [1.54, 1.807) is 12.1 Å². The molecule has 1 aliphatic heterocycles. The molecule has 1 atom stereocenters. The number of ether oxygens (including phenoxy) is 1. The van der Waals surface area contributed by atoms with E-state index >= 15 is 0 Å². The molecular formula is C20H23F3N2O2. The second-order valence-corrected chi connectivity index (χ2v) is 6.72. The van der Waals surface area contributed by atoms with Crippen molar-refractivity contribution in [2.24, 2.45) is 0 Å². The van der Waals surface area contributed by atoms with Gasteiger partial charge in [0.15, 0.2) is 0 Å². The van der Waals surface area contributed by atoms with E-state index in [0.717, 1.165) is 29.7 Å². The molecule has 3 rings (SSSR count). The van der Waals surface area contributed by atoms with Gasteiger partial charge in [0.05, 0.1) is 6.61 Å². The fourth-order valence-electron chi connectivity index (χ4n) is 3.34. The number of benzene rings is 2. The standard InChI is InChI=1S/C20H23F3N2O2/c1-2-3-6-11-27-17-13-15(12-14-7-4-5-8-16(14)17)19(20(21,22)23)25-10-9-18(26)24-25/h4-5,7-8,12-13,19H,2-3,6,9-11H2,1H3,(H,24,26). The molecule has 0 bridgehead atoms. The van der Waals surface area contributed by atoms with E-state index in [0.29, 0.717) is 17.7 Å². The number of hydrogen-bond donors (Lipinski definition) is 1. The van der Waals surface area contributed by atoms with Gasteiger partial charge in [0, 0.05) is 18.4 Å². The average Bonchev–Trinajstić information content (AvgIpc) is 3.03. The first-order chi connectivity index (χ1) is 12.9. The van der Waals surface area contributed by atoms with E-state index < -0.39 is 18.1 Å². The summed E-state index contributed by atoms with van der Waals surface area (Å²) in [7, 11) is 0. The van der Waals surface area contributed by atoms with Gasteiger partial charge in [0.2, 0.25) is 5.91 Å². The Bertz CT molecular complexity index is 807. The minimum atomic E-state index is -4.53. The molecule has 1 N–H and O–H groups in total. The Morgan fingerprint density at radius 2 is 2.00 bits per heavy atom. The summed E-state index contributed by atoms with van der Waals surface area (Å²) < 4.78 is 47.3. The quantitative estimate of drug-likeness (QED) is 0.705. The number of hydrazine groups is 1. The van der Waals surface area contributed by atoms with Gasteiger partial charge in [-0.2, -0.15) is 13.2 Å². The van der Waals surface area contributed by atoms with Crippen molar-refractivity contribution in [2.75, 3.05) is 13.2 Å². The molecule has 2 aromatic rings. The maximum atomic E-state index is 13.8. The van der Waals surface area contributed by atoms with E-state index in [1.807, 2.05) is 12.1 Å². The van der Waals surface area contributed by atoms with Crippen molar-refractivity contribution >= 4 is 16.7 Å². The van der Waals surface area contributed by atoms with Crippen molar-refractivity contribution in [1.82, 2.24) is 10.4 Å². The molecule has 7 heteroatoms. The third kappa shape index (κ3) is 4.53. The Balaban J connectivity index is 1.99. The summed E-state index contributed by atoms with van der Waals surface area (Å²) in [5, 5.41) is 2.43. The molecule has 0 aromatic heterocycles. The first-order valence-corrected chi connectivity index (χ1v) is 9.18. The van der Waals surface area contributed by atoms with E-state index in [4.69, 9.17) is 4.74 Å². The van der Waals surface area contributed by atoms with Crippen LogP contribution < -0.4 is 10.2 Å². The number of nitrogens with one attached hydrogen (secondary N) is 1. The Hall–Kier alpha value is -2.28. The maximum absolute atomic E-state index is 13.8. The van der Waals surface area contributed by atoms with Crippen molar-refractivity contribution in [3.63, 3.8) is 0 Å². The van der Waals surface area contributed by atoms with Gasteiger partial charge in [-0.15, -0.1) is 0 Å². The number of carbonyl (C=O) groups excluding carboxylic acids is 1. The lowest BCUT2D eigenvalue weighted by molar-refractivity contribution is -0.191. The van der Waals surface area contributed by atoms with E-state index in [9.17, 15) is 18.0 Å². The number of rotatable bonds is 7. The second kappa shape index (κ2) is 8.17. The van der Waals surface area contributed by atoms with E-state index in [1.165, 1.54) is 12.1 Å². The normalized spacial score (nSPS) is 16.5. The summed E-state index contributed by atoms with van der Waals surface area (Å²) in [5.74, 6) is 0.0417. The van der Waals surface area contributed by atoms with Crippen LogP contribution in [0.3, 0.4) is 0 Å². The van der Waals surface area contributed by atoms with Gasteiger partial charge >= 0.3 is 6.18 Å². The number of carbonyl (C=O) groups is 1. The van der Waals surface area contributed by atoms with Crippen molar-refractivity contribution < 1.29 is 22.7 Å². The molecule has 0 aliphatic carbocycles. The smallest absolute Gasteiger partial charge is 0.409 e. The van der Waals surface area contributed by atoms with Crippen LogP contribution in [0.15, 0.2) is 36.4 Å². The second-order valence-electron chi connectivity index (χ2n) is 6.72. The van der Waals surface area contributed by atoms with Gasteiger partial charge in [-0.05, 0) is 29.5 Å². The van der Waals surface area contributed by atoms with Crippen molar-refractivity contribution in [1.29, 1.82) is 0 Å². The highest BCUT2D eigenvalue weighted by atomic mass is 19.4. The fraction of sp³-hybridized carbons (Fsp3) is 0.450. The summed E-state index contributed by atoms with van der Waals surface area (Å²) in [6.07, 6.45) is -1.59. The molecule has 1 aliphatic rings. The number of unbranched alkanes of at least 4 members (excludes halogenated alkanes) is 2. The van der Waals surface area contributed by atoms with Crippen LogP contribution in [0.25, 0.3) is 10.8 Å². The number of hydrogen-bond acceptors (Lipinski definition) is 3. The van der Waals surface area contributed by atoms with Gasteiger partial charge in [0.25, 0.3) is 0 Å². The van der Waals surface area contributed by atoms with Gasteiger partial charge in [0.1, 0.15) is 11.8 Å². The van der Waals surface area contributed by atoms with Crippen LogP contribution in [0.1, 0.15) is 44.2 Å². The average molecular weight is 380 g/mol. The van der Waals surface area contributed by atoms with Crippen LogP contribution >= 0.6 is 0 Å². The molecule has 2 aromatic carbocycles. The number of nitrogens with zero attached hydrogens (tertiary/aromatic N) is 1. The molecule has 0 radical (unpaired) electrons. The van der Waals surface area contributed by atoms with Crippen LogP contribution in [-0.4, -0.2) is 30.2 Å². The number of alkyl halides is 3. The van der Waals surface area contributed by atoms with Crippen molar-refractivity contribution in [2.45, 2.75) is 44.8 Å². The van der Waals surface area contributed by atoms with Crippen LogP contribution in [0.2, 0.25) is 0 Å². The minimum Gasteiger partial charge on any atom is -0.493 e. The zero-order valence-electron chi connectivity index (χ0n) is 15.2. The zero-order valence-corrected chi connectivity index (χ0v) is 15.2. The lowest BCUT2D eigenvalue weighted by atomic mass is 10.00. The zero-order chi connectivity index (χ0) is 19.4.